The number of aliphatic hydroxyl groups is 1. The van der Waals surface area contributed by atoms with Gasteiger partial charge in [0, 0.05) is 20.0 Å². The van der Waals surface area contributed by atoms with E-state index in [0.29, 0.717) is 13.0 Å². The normalized spacial score (nSPS) is 14.3. The van der Waals surface area contributed by atoms with Crippen molar-refractivity contribution in [3.63, 3.8) is 0 Å². The van der Waals surface area contributed by atoms with Crippen LogP contribution in [0.2, 0.25) is 0 Å². The van der Waals surface area contributed by atoms with Crippen LogP contribution in [0, 0.1) is 11.8 Å². The van der Waals surface area contributed by atoms with Crippen molar-refractivity contribution in [3.05, 3.63) is 0 Å². The third kappa shape index (κ3) is 8.10. The molecule has 0 heterocycles. The molecule has 0 saturated heterocycles. The Labute approximate surface area is 87.7 Å². The molecular formula is C12H22O2. The Bertz CT molecular complexity index is 186. The van der Waals surface area contributed by atoms with Gasteiger partial charge < -0.3 is 9.84 Å². The van der Waals surface area contributed by atoms with Gasteiger partial charge >= 0.3 is 0 Å². The molecule has 0 bridgehead atoms. The summed E-state index contributed by atoms with van der Waals surface area (Å²) in [5.74, 6) is 6.06. The van der Waals surface area contributed by atoms with E-state index in [2.05, 4.69) is 18.8 Å². The Morgan fingerprint density at radius 2 is 2.00 bits per heavy atom. The highest BCUT2D eigenvalue weighted by Crippen LogP contribution is 2.08. The maximum atomic E-state index is 9.69. The summed E-state index contributed by atoms with van der Waals surface area (Å²) in [7, 11) is 1.59. The molecule has 0 amide bonds. The molecule has 1 atom stereocenters. The minimum Gasteiger partial charge on any atom is -0.387 e. The van der Waals surface area contributed by atoms with Gasteiger partial charge in [0.25, 0.3) is 0 Å². The average Bonchev–Trinajstić information content (AvgIpc) is 2.11. The molecule has 2 heteroatoms. The first-order valence-corrected chi connectivity index (χ1v) is 5.29. The highest BCUT2D eigenvalue weighted by atomic mass is 16.5. The second-order valence-corrected chi connectivity index (χ2v) is 3.92. The third-order valence-electron chi connectivity index (χ3n) is 1.95. The topological polar surface area (TPSA) is 29.5 Å². The van der Waals surface area contributed by atoms with Crippen LogP contribution >= 0.6 is 0 Å². The third-order valence-corrected chi connectivity index (χ3v) is 1.95. The van der Waals surface area contributed by atoms with Crippen molar-refractivity contribution < 1.29 is 9.84 Å². The Morgan fingerprint density at radius 3 is 2.57 bits per heavy atom. The Hall–Kier alpha value is -0.520. The Balaban J connectivity index is 3.58. The summed E-state index contributed by atoms with van der Waals surface area (Å²) in [5, 5.41) is 9.69. The summed E-state index contributed by atoms with van der Waals surface area (Å²) >= 11 is 0. The van der Waals surface area contributed by atoms with Gasteiger partial charge in [0.05, 0.1) is 12.2 Å². The fraction of sp³-hybridized carbons (Fsp3) is 0.833. The molecule has 1 N–H and O–H groups in total. The molecule has 0 aromatic rings. The standard InChI is InChI=1S/C12H22O2/c1-4-5-6-7-8-9-10-12(2,13)11-14-3/h13H,4-7,10-11H2,1-3H3/t12-/m0/s1. The lowest BCUT2D eigenvalue weighted by Crippen LogP contribution is -2.29. The van der Waals surface area contributed by atoms with Crippen molar-refractivity contribution in [2.45, 2.75) is 51.6 Å². The van der Waals surface area contributed by atoms with Crippen LogP contribution in [0.3, 0.4) is 0 Å². The van der Waals surface area contributed by atoms with Crippen LogP contribution in [-0.4, -0.2) is 24.4 Å². The van der Waals surface area contributed by atoms with Crippen LogP contribution in [0.15, 0.2) is 0 Å². The summed E-state index contributed by atoms with van der Waals surface area (Å²) < 4.78 is 4.88. The highest BCUT2D eigenvalue weighted by Gasteiger charge is 2.17. The molecule has 0 fully saturated rings. The fourth-order valence-electron chi connectivity index (χ4n) is 1.17. The predicted molar refractivity (Wildman–Crippen MR) is 59.0 cm³/mol. The van der Waals surface area contributed by atoms with Crippen molar-refractivity contribution in [1.82, 2.24) is 0 Å². The average molecular weight is 198 g/mol. The molecule has 0 rings (SSSR count). The maximum Gasteiger partial charge on any atom is 0.0960 e. The van der Waals surface area contributed by atoms with Crippen LogP contribution < -0.4 is 0 Å². The van der Waals surface area contributed by atoms with E-state index in [-0.39, 0.29) is 0 Å². The minimum absolute atomic E-state index is 0.344. The second-order valence-electron chi connectivity index (χ2n) is 3.92. The molecule has 0 radical (unpaired) electrons. The van der Waals surface area contributed by atoms with Crippen LogP contribution in [0.4, 0.5) is 0 Å². The lowest BCUT2D eigenvalue weighted by molar-refractivity contribution is -0.0126. The molecular weight excluding hydrogens is 176 g/mol. The zero-order valence-electron chi connectivity index (χ0n) is 9.60. The quantitative estimate of drug-likeness (QED) is 0.524. The number of rotatable bonds is 6. The summed E-state index contributed by atoms with van der Waals surface area (Å²) in [6.45, 7) is 4.27. The summed E-state index contributed by atoms with van der Waals surface area (Å²) in [6.07, 6.45) is 5.06. The molecule has 0 aromatic heterocycles. The lowest BCUT2D eigenvalue weighted by Gasteiger charge is -2.18. The molecule has 0 unspecified atom stereocenters. The van der Waals surface area contributed by atoms with Gasteiger partial charge in [0.15, 0.2) is 0 Å². The zero-order valence-corrected chi connectivity index (χ0v) is 9.60. The van der Waals surface area contributed by atoms with E-state index in [9.17, 15) is 5.11 Å². The maximum absolute atomic E-state index is 9.69. The van der Waals surface area contributed by atoms with Gasteiger partial charge in [-0.25, -0.2) is 0 Å². The summed E-state index contributed by atoms with van der Waals surface area (Å²) in [4.78, 5) is 0. The summed E-state index contributed by atoms with van der Waals surface area (Å²) in [5.41, 5.74) is -0.799. The van der Waals surface area contributed by atoms with Gasteiger partial charge in [-0.1, -0.05) is 19.8 Å². The smallest absolute Gasteiger partial charge is 0.0960 e. The van der Waals surface area contributed by atoms with E-state index in [0.717, 1.165) is 12.8 Å². The molecule has 82 valence electrons. The molecule has 0 aliphatic rings. The number of hydrogen-bond donors (Lipinski definition) is 1. The molecule has 14 heavy (non-hydrogen) atoms. The van der Waals surface area contributed by atoms with Crippen LogP contribution in [0.25, 0.3) is 0 Å². The predicted octanol–water partition coefficient (Wildman–Crippen LogP) is 2.36. The fourth-order valence-corrected chi connectivity index (χ4v) is 1.17. The van der Waals surface area contributed by atoms with Crippen molar-refractivity contribution >= 4 is 0 Å². The monoisotopic (exact) mass is 198 g/mol. The number of ether oxygens (including phenoxy) is 1. The molecule has 2 nitrogen and oxygen atoms in total. The van der Waals surface area contributed by atoms with E-state index in [4.69, 9.17) is 4.74 Å². The largest absolute Gasteiger partial charge is 0.387 e. The van der Waals surface area contributed by atoms with Crippen molar-refractivity contribution in [2.24, 2.45) is 0 Å². The first-order chi connectivity index (χ1) is 6.62. The van der Waals surface area contributed by atoms with Gasteiger partial charge in [-0.2, -0.15) is 0 Å². The van der Waals surface area contributed by atoms with Crippen LogP contribution in [0.5, 0.6) is 0 Å². The lowest BCUT2D eigenvalue weighted by atomic mass is 10.0. The Kier molecular flexibility index (Phi) is 7.55. The zero-order chi connectivity index (χ0) is 10.9. The number of unbranched alkanes of at least 4 members (excludes halogenated alkanes) is 3. The van der Waals surface area contributed by atoms with E-state index < -0.39 is 5.60 Å². The minimum atomic E-state index is -0.799. The van der Waals surface area contributed by atoms with Gasteiger partial charge in [-0.3, -0.25) is 0 Å². The van der Waals surface area contributed by atoms with Crippen molar-refractivity contribution in [1.29, 1.82) is 0 Å². The molecule has 0 saturated carbocycles. The molecule has 0 spiro atoms. The van der Waals surface area contributed by atoms with E-state index in [1.165, 1.54) is 12.8 Å². The van der Waals surface area contributed by atoms with Gasteiger partial charge in [0.1, 0.15) is 0 Å². The number of methoxy groups -OCH3 is 1. The van der Waals surface area contributed by atoms with E-state index >= 15 is 0 Å². The van der Waals surface area contributed by atoms with Gasteiger partial charge in [0.2, 0.25) is 0 Å². The SMILES string of the molecule is CCCCCC#CC[C@](C)(O)COC. The van der Waals surface area contributed by atoms with E-state index in [1.807, 2.05) is 0 Å². The van der Waals surface area contributed by atoms with Crippen LogP contribution in [0.1, 0.15) is 46.0 Å². The van der Waals surface area contributed by atoms with Gasteiger partial charge in [-0.05, 0) is 13.3 Å². The van der Waals surface area contributed by atoms with Crippen molar-refractivity contribution in [2.75, 3.05) is 13.7 Å². The molecule has 0 aliphatic carbocycles. The van der Waals surface area contributed by atoms with E-state index in [1.54, 1.807) is 14.0 Å². The first-order valence-electron chi connectivity index (χ1n) is 5.29. The van der Waals surface area contributed by atoms with Crippen molar-refractivity contribution in [3.8, 4) is 11.8 Å². The summed E-state index contributed by atoms with van der Waals surface area (Å²) in [6, 6.07) is 0. The second kappa shape index (κ2) is 7.84. The highest BCUT2D eigenvalue weighted by molar-refractivity contribution is 5.02. The molecule has 0 aliphatic heterocycles. The first kappa shape index (κ1) is 13.5. The van der Waals surface area contributed by atoms with Crippen LogP contribution in [-0.2, 0) is 4.74 Å². The van der Waals surface area contributed by atoms with Gasteiger partial charge in [-0.15, -0.1) is 11.8 Å². The Morgan fingerprint density at radius 1 is 1.29 bits per heavy atom. The number of hydrogen-bond acceptors (Lipinski definition) is 2. The molecule has 0 aromatic carbocycles.